The fourth-order valence-corrected chi connectivity index (χ4v) is 4.65. The summed E-state index contributed by atoms with van der Waals surface area (Å²) in [7, 11) is 0. The van der Waals surface area contributed by atoms with E-state index in [1.807, 2.05) is 24.3 Å². The maximum atomic E-state index is 13.4. The lowest BCUT2D eigenvalue weighted by Gasteiger charge is -2.44. The number of hydrazone groups is 1. The van der Waals surface area contributed by atoms with Crippen molar-refractivity contribution in [3.63, 3.8) is 0 Å². The summed E-state index contributed by atoms with van der Waals surface area (Å²) < 4.78 is 19.8. The molecule has 3 aliphatic heterocycles. The Hall–Kier alpha value is -3.38. The van der Waals surface area contributed by atoms with Crippen molar-refractivity contribution in [1.29, 1.82) is 0 Å². The summed E-state index contributed by atoms with van der Waals surface area (Å²) in [5, 5.41) is 9.96. The average Bonchev–Trinajstić information content (AvgIpc) is 3.30. The molecule has 5 nitrogen and oxygen atoms in total. The van der Waals surface area contributed by atoms with Gasteiger partial charge in [0.15, 0.2) is 0 Å². The van der Waals surface area contributed by atoms with E-state index >= 15 is 0 Å². The number of anilines is 1. The van der Waals surface area contributed by atoms with Crippen LogP contribution >= 0.6 is 11.6 Å². The van der Waals surface area contributed by atoms with Gasteiger partial charge in [-0.25, -0.2) is 9.40 Å². The molecule has 30 heavy (non-hydrogen) atoms. The van der Waals surface area contributed by atoms with E-state index in [1.54, 1.807) is 35.3 Å². The van der Waals surface area contributed by atoms with Gasteiger partial charge in [-0.3, -0.25) is 4.79 Å². The molecule has 0 aliphatic carbocycles. The third kappa shape index (κ3) is 2.28. The van der Waals surface area contributed by atoms with Crippen molar-refractivity contribution in [3.05, 3.63) is 94.3 Å². The maximum absolute atomic E-state index is 13.4. The van der Waals surface area contributed by atoms with Crippen molar-refractivity contribution in [2.24, 2.45) is 5.10 Å². The average molecular weight is 420 g/mol. The van der Waals surface area contributed by atoms with Crippen molar-refractivity contribution in [1.82, 2.24) is 5.01 Å². The molecule has 3 aliphatic rings. The van der Waals surface area contributed by atoms with Crippen LogP contribution < -0.4 is 10.1 Å². The lowest BCUT2D eigenvalue weighted by molar-refractivity contribution is -0.161. The Kier molecular flexibility index (Phi) is 3.53. The molecule has 148 valence electrons. The second-order valence-corrected chi connectivity index (χ2v) is 7.98. The first-order chi connectivity index (χ1) is 14.6. The van der Waals surface area contributed by atoms with Gasteiger partial charge >= 0.3 is 5.72 Å². The molecule has 1 spiro atoms. The zero-order chi connectivity index (χ0) is 20.5. The number of benzene rings is 3. The van der Waals surface area contributed by atoms with Crippen LogP contribution in [-0.4, -0.2) is 16.6 Å². The number of nitrogens with one attached hydrogen (secondary N) is 1. The van der Waals surface area contributed by atoms with Gasteiger partial charge < -0.3 is 10.1 Å². The van der Waals surface area contributed by atoms with Crippen LogP contribution in [0, 0.1) is 5.82 Å². The monoisotopic (exact) mass is 419 g/mol. The minimum absolute atomic E-state index is 0.203. The molecule has 0 unspecified atom stereocenters. The molecule has 3 aromatic rings. The second kappa shape index (κ2) is 6.06. The van der Waals surface area contributed by atoms with Crippen LogP contribution in [0.15, 0.2) is 71.8 Å². The smallest absolute Gasteiger partial charge is 0.306 e. The normalized spacial score (nSPS) is 23.4. The van der Waals surface area contributed by atoms with Crippen molar-refractivity contribution in [2.45, 2.75) is 18.2 Å². The molecule has 7 heteroatoms. The number of ether oxygens (including phenoxy) is 1. The topological polar surface area (TPSA) is 53.9 Å². The Labute approximate surface area is 176 Å². The van der Waals surface area contributed by atoms with Gasteiger partial charge in [0.2, 0.25) is 0 Å². The first kappa shape index (κ1) is 17.5. The van der Waals surface area contributed by atoms with E-state index in [-0.39, 0.29) is 17.8 Å². The van der Waals surface area contributed by atoms with Gasteiger partial charge in [-0.2, -0.15) is 5.10 Å². The molecule has 2 atom stereocenters. The highest BCUT2D eigenvalue weighted by molar-refractivity contribution is 6.31. The first-order valence-corrected chi connectivity index (χ1v) is 9.96. The van der Waals surface area contributed by atoms with Gasteiger partial charge in [0.25, 0.3) is 5.91 Å². The van der Waals surface area contributed by atoms with Crippen LogP contribution in [0.5, 0.6) is 5.75 Å². The second-order valence-electron chi connectivity index (χ2n) is 7.55. The van der Waals surface area contributed by atoms with Gasteiger partial charge in [0, 0.05) is 17.0 Å². The van der Waals surface area contributed by atoms with Crippen LogP contribution in [0.3, 0.4) is 0 Å². The van der Waals surface area contributed by atoms with Crippen LogP contribution in [-0.2, 0) is 10.5 Å². The Morgan fingerprint density at radius 2 is 1.93 bits per heavy atom. The highest BCUT2D eigenvalue weighted by atomic mass is 35.5. The Morgan fingerprint density at radius 1 is 1.13 bits per heavy atom. The molecular formula is C23H15ClFN3O2. The first-order valence-electron chi connectivity index (χ1n) is 9.58. The van der Waals surface area contributed by atoms with Gasteiger partial charge in [0.1, 0.15) is 11.6 Å². The van der Waals surface area contributed by atoms with E-state index in [0.717, 1.165) is 16.8 Å². The number of carbonyl (C=O) groups excluding carboxylic acids is 1. The molecule has 0 bridgehead atoms. The standard InChI is InChI=1S/C23H15ClFN3O2/c24-14-7-10-18-17(11-14)23(22(29)26-18)28-20(16-3-1-2-4-21(16)30-23)12-19(27-28)13-5-8-15(25)9-6-13/h1-11,20H,12H2,(H,26,29)/t20-,23+/m0/s1. The van der Waals surface area contributed by atoms with Crippen molar-refractivity contribution in [3.8, 4) is 5.75 Å². The number of para-hydroxylation sites is 1. The molecule has 3 aromatic carbocycles. The summed E-state index contributed by atoms with van der Waals surface area (Å²) in [6.45, 7) is 0. The summed E-state index contributed by atoms with van der Waals surface area (Å²) in [5.41, 5.74) is 2.34. The third-order valence-corrected chi connectivity index (χ3v) is 6.08. The Morgan fingerprint density at radius 3 is 2.77 bits per heavy atom. The Bertz CT molecular complexity index is 1240. The van der Waals surface area contributed by atoms with Crippen LogP contribution in [0.2, 0.25) is 5.02 Å². The summed E-state index contributed by atoms with van der Waals surface area (Å²) in [5.74, 6) is 0.0135. The van der Waals surface area contributed by atoms with E-state index in [0.29, 0.717) is 28.4 Å². The number of rotatable bonds is 1. The highest BCUT2D eigenvalue weighted by Crippen LogP contribution is 2.54. The molecular weight excluding hydrogens is 405 g/mol. The highest BCUT2D eigenvalue weighted by Gasteiger charge is 2.60. The van der Waals surface area contributed by atoms with E-state index in [2.05, 4.69) is 5.32 Å². The molecule has 0 aromatic heterocycles. The number of nitrogens with zero attached hydrogens (tertiary/aromatic N) is 2. The number of hydrogen-bond donors (Lipinski definition) is 1. The van der Waals surface area contributed by atoms with E-state index in [4.69, 9.17) is 21.4 Å². The predicted molar refractivity (Wildman–Crippen MR) is 111 cm³/mol. The molecule has 1 N–H and O–H groups in total. The fourth-order valence-electron chi connectivity index (χ4n) is 4.48. The predicted octanol–water partition coefficient (Wildman–Crippen LogP) is 4.83. The minimum Gasteiger partial charge on any atom is -0.453 e. The van der Waals surface area contributed by atoms with Crippen molar-refractivity contribution >= 4 is 28.9 Å². The van der Waals surface area contributed by atoms with Crippen LogP contribution in [0.1, 0.15) is 29.2 Å². The molecule has 3 heterocycles. The summed E-state index contributed by atoms with van der Waals surface area (Å²) >= 11 is 6.27. The molecule has 1 amide bonds. The molecule has 0 radical (unpaired) electrons. The zero-order valence-electron chi connectivity index (χ0n) is 15.6. The SMILES string of the molecule is O=C1Nc2ccc(Cl)cc2[C@@]12Oc1ccccc1[C@@H]1CC(c3ccc(F)cc3)=NN12. The minimum atomic E-state index is -1.46. The van der Waals surface area contributed by atoms with Crippen molar-refractivity contribution < 1.29 is 13.9 Å². The molecule has 6 rings (SSSR count). The van der Waals surface area contributed by atoms with E-state index in [1.165, 1.54) is 12.1 Å². The molecule has 0 saturated carbocycles. The van der Waals surface area contributed by atoms with Crippen molar-refractivity contribution in [2.75, 3.05) is 5.32 Å². The number of amides is 1. The van der Waals surface area contributed by atoms with E-state index < -0.39 is 5.72 Å². The largest absolute Gasteiger partial charge is 0.453 e. The van der Waals surface area contributed by atoms with Gasteiger partial charge in [0.05, 0.1) is 23.0 Å². The number of hydrogen-bond acceptors (Lipinski definition) is 4. The number of fused-ring (bicyclic) bond motifs is 6. The fraction of sp³-hybridized carbons (Fsp3) is 0.130. The molecule has 0 saturated heterocycles. The third-order valence-electron chi connectivity index (χ3n) is 5.85. The maximum Gasteiger partial charge on any atom is 0.306 e. The quantitative estimate of drug-likeness (QED) is 0.614. The lowest BCUT2D eigenvalue weighted by atomic mass is 9.92. The number of halogens is 2. The van der Waals surface area contributed by atoms with Gasteiger partial charge in [-0.15, -0.1) is 0 Å². The molecule has 0 fully saturated rings. The summed E-state index contributed by atoms with van der Waals surface area (Å²) in [4.78, 5) is 13.3. The zero-order valence-corrected chi connectivity index (χ0v) is 16.4. The van der Waals surface area contributed by atoms with Crippen LogP contribution in [0.25, 0.3) is 0 Å². The number of carbonyl (C=O) groups is 1. The summed E-state index contributed by atoms with van der Waals surface area (Å²) in [6.07, 6.45) is 0.566. The van der Waals surface area contributed by atoms with E-state index in [9.17, 15) is 9.18 Å². The summed E-state index contributed by atoms with van der Waals surface area (Å²) in [6, 6.07) is 18.9. The lowest BCUT2D eigenvalue weighted by Crippen LogP contribution is -2.55. The Balaban J connectivity index is 1.57. The van der Waals surface area contributed by atoms with Gasteiger partial charge in [-0.05, 0) is 42.0 Å². The van der Waals surface area contributed by atoms with Crippen LogP contribution in [0.4, 0.5) is 10.1 Å². The van der Waals surface area contributed by atoms with Gasteiger partial charge in [-0.1, -0.05) is 41.9 Å².